The van der Waals surface area contributed by atoms with Gasteiger partial charge in [-0.25, -0.2) is 22.2 Å². The van der Waals surface area contributed by atoms with Crippen LogP contribution in [0.25, 0.3) is 10.2 Å². The number of nitrogens with zero attached hydrogens (tertiary/aromatic N) is 2. The number of hydrogen-bond donors (Lipinski definition) is 1. The molecule has 0 unspecified atom stereocenters. The van der Waals surface area contributed by atoms with Gasteiger partial charge in [-0.1, -0.05) is 17.4 Å². The predicted molar refractivity (Wildman–Crippen MR) is 116 cm³/mol. The molecule has 2 heterocycles. The Hall–Kier alpha value is -2.43. The molecule has 1 saturated heterocycles. The third-order valence-corrected chi connectivity index (χ3v) is 8.52. The van der Waals surface area contributed by atoms with Crippen molar-refractivity contribution in [2.75, 3.05) is 18.4 Å². The summed E-state index contributed by atoms with van der Waals surface area (Å²) in [5, 5.41) is 3.36. The molecule has 1 N–H and O–H groups in total. The number of carbonyl (C=O) groups is 1. The topological polar surface area (TPSA) is 79.4 Å². The highest BCUT2D eigenvalue weighted by atomic mass is 32.2. The second kappa shape index (κ2) is 8.25. The van der Waals surface area contributed by atoms with Gasteiger partial charge in [-0.15, -0.1) is 0 Å². The summed E-state index contributed by atoms with van der Waals surface area (Å²) in [6.45, 7) is 4.15. The number of piperidine rings is 1. The third kappa shape index (κ3) is 4.19. The first-order valence-corrected chi connectivity index (χ1v) is 12.1. The number of rotatable bonds is 4. The Kier molecular flexibility index (Phi) is 5.80. The SMILES string of the molecule is Cc1ccc2sc(NC(=O)C3CCN(S(=O)(=O)c4ccc(F)cc4F)CC3)nc2c1C. The fourth-order valence-electron chi connectivity index (χ4n) is 3.67. The van der Waals surface area contributed by atoms with Gasteiger partial charge in [0.15, 0.2) is 5.13 Å². The van der Waals surface area contributed by atoms with Gasteiger partial charge >= 0.3 is 0 Å². The minimum atomic E-state index is -4.09. The van der Waals surface area contributed by atoms with E-state index in [2.05, 4.69) is 10.3 Å². The zero-order valence-corrected chi connectivity index (χ0v) is 18.6. The monoisotopic (exact) mass is 465 g/mol. The van der Waals surface area contributed by atoms with Crippen molar-refractivity contribution in [3.8, 4) is 0 Å². The summed E-state index contributed by atoms with van der Waals surface area (Å²) in [5.41, 5.74) is 3.06. The molecule has 0 bridgehead atoms. The van der Waals surface area contributed by atoms with Crippen LogP contribution in [-0.4, -0.2) is 36.7 Å². The Morgan fingerprint density at radius 1 is 1.16 bits per heavy atom. The standard InChI is InChI=1S/C21H21F2N3O3S2/c1-12-3-5-17-19(13(12)2)24-21(30-17)25-20(27)14-7-9-26(10-8-14)31(28,29)18-6-4-15(22)11-16(18)23/h3-6,11,14H,7-10H2,1-2H3,(H,24,25,27). The Labute approximate surface area is 183 Å². The van der Waals surface area contributed by atoms with Gasteiger partial charge in [0.25, 0.3) is 0 Å². The summed E-state index contributed by atoms with van der Waals surface area (Å²) in [5.74, 6) is -2.55. The lowest BCUT2D eigenvalue weighted by atomic mass is 9.97. The van der Waals surface area contributed by atoms with Crippen molar-refractivity contribution in [2.24, 2.45) is 5.92 Å². The van der Waals surface area contributed by atoms with Gasteiger partial charge in [0.05, 0.1) is 10.2 Å². The molecule has 1 fully saturated rings. The molecule has 31 heavy (non-hydrogen) atoms. The van der Waals surface area contributed by atoms with E-state index in [0.29, 0.717) is 24.0 Å². The largest absolute Gasteiger partial charge is 0.302 e. The molecule has 2 aromatic carbocycles. The maximum Gasteiger partial charge on any atom is 0.245 e. The van der Waals surface area contributed by atoms with E-state index in [1.54, 1.807) is 0 Å². The first-order valence-electron chi connectivity index (χ1n) is 9.79. The molecule has 4 rings (SSSR count). The van der Waals surface area contributed by atoms with Crippen molar-refractivity contribution in [1.29, 1.82) is 0 Å². The Morgan fingerprint density at radius 2 is 1.87 bits per heavy atom. The summed E-state index contributed by atoms with van der Waals surface area (Å²) in [6, 6.07) is 6.38. The van der Waals surface area contributed by atoms with Gasteiger partial charge in [-0.3, -0.25) is 4.79 Å². The van der Waals surface area contributed by atoms with Crippen molar-refractivity contribution < 1.29 is 22.0 Å². The van der Waals surface area contributed by atoms with Gasteiger partial charge in [-0.2, -0.15) is 4.31 Å². The second-order valence-corrected chi connectivity index (χ2v) is 10.6. The summed E-state index contributed by atoms with van der Waals surface area (Å²) < 4.78 is 54.6. The number of carbonyl (C=O) groups excluding carboxylic acids is 1. The van der Waals surface area contributed by atoms with E-state index in [0.717, 1.165) is 37.8 Å². The summed E-state index contributed by atoms with van der Waals surface area (Å²) >= 11 is 1.40. The third-order valence-electron chi connectivity index (χ3n) is 5.65. The number of sulfonamides is 1. The average Bonchev–Trinajstić information content (AvgIpc) is 3.14. The van der Waals surface area contributed by atoms with Crippen molar-refractivity contribution >= 4 is 42.6 Å². The molecule has 0 radical (unpaired) electrons. The molecule has 164 valence electrons. The van der Waals surface area contributed by atoms with E-state index in [1.807, 2.05) is 26.0 Å². The maximum absolute atomic E-state index is 14.0. The van der Waals surface area contributed by atoms with E-state index < -0.39 is 26.6 Å². The summed E-state index contributed by atoms with van der Waals surface area (Å²) in [7, 11) is -4.09. The highest BCUT2D eigenvalue weighted by Crippen LogP contribution is 2.31. The van der Waals surface area contributed by atoms with Gasteiger partial charge in [0.2, 0.25) is 15.9 Å². The van der Waals surface area contributed by atoms with E-state index >= 15 is 0 Å². The molecule has 10 heteroatoms. The van der Waals surface area contributed by atoms with Gasteiger partial charge < -0.3 is 5.32 Å². The number of fused-ring (bicyclic) bond motifs is 1. The summed E-state index contributed by atoms with van der Waals surface area (Å²) in [6.07, 6.45) is 0.605. The van der Waals surface area contributed by atoms with Gasteiger partial charge in [-0.05, 0) is 56.0 Å². The fraction of sp³-hybridized carbons (Fsp3) is 0.333. The highest BCUT2D eigenvalue weighted by molar-refractivity contribution is 7.89. The van der Waals surface area contributed by atoms with Crippen LogP contribution in [0.2, 0.25) is 0 Å². The van der Waals surface area contributed by atoms with E-state index in [1.165, 1.54) is 11.3 Å². The van der Waals surface area contributed by atoms with Crippen LogP contribution < -0.4 is 5.32 Å². The van der Waals surface area contributed by atoms with E-state index in [-0.39, 0.29) is 24.9 Å². The van der Waals surface area contributed by atoms with Crippen LogP contribution in [0.4, 0.5) is 13.9 Å². The number of hydrogen-bond acceptors (Lipinski definition) is 5. The number of aryl methyl sites for hydroxylation is 2. The van der Waals surface area contributed by atoms with Crippen LogP contribution >= 0.6 is 11.3 Å². The van der Waals surface area contributed by atoms with Crippen LogP contribution in [0.5, 0.6) is 0 Å². The number of nitrogens with one attached hydrogen (secondary N) is 1. The zero-order valence-electron chi connectivity index (χ0n) is 17.0. The van der Waals surface area contributed by atoms with Crippen LogP contribution in [0, 0.1) is 31.4 Å². The van der Waals surface area contributed by atoms with Crippen molar-refractivity contribution in [2.45, 2.75) is 31.6 Å². The summed E-state index contributed by atoms with van der Waals surface area (Å²) in [4.78, 5) is 16.7. The number of thiazole rings is 1. The first-order chi connectivity index (χ1) is 14.7. The second-order valence-electron chi connectivity index (χ2n) is 7.62. The molecule has 6 nitrogen and oxygen atoms in total. The zero-order chi connectivity index (χ0) is 22.3. The first kappa shape index (κ1) is 21.8. The predicted octanol–water partition coefficient (Wildman–Crippen LogP) is 4.23. The van der Waals surface area contributed by atoms with Crippen LogP contribution in [0.1, 0.15) is 24.0 Å². The Morgan fingerprint density at radius 3 is 2.55 bits per heavy atom. The maximum atomic E-state index is 14.0. The Bertz CT molecular complexity index is 1270. The Balaban J connectivity index is 1.42. The van der Waals surface area contributed by atoms with E-state index in [4.69, 9.17) is 0 Å². The molecule has 0 atom stereocenters. The number of benzene rings is 2. The molecule has 0 saturated carbocycles. The van der Waals surface area contributed by atoms with Crippen molar-refractivity contribution in [3.05, 3.63) is 53.1 Å². The van der Waals surface area contributed by atoms with Crippen LogP contribution in [0.15, 0.2) is 35.2 Å². The van der Waals surface area contributed by atoms with Crippen LogP contribution in [-0.2, 0) is 14.8 Å². The minimum absolute atomic E-state index is 0.0788. The molecule has 1 aromatic heterocycles. The lowest BCUT2D eigenvalue weighted by Gasteiger charge is -2.30. The smallest absolute Gasteiger partial charge is 0.245 e. The minimum Gasteiger partial charge on any atom is -0.302 e. The highest BCUT2D eigenvalue weighted by Gasteiger charge is 2.34. The van der Waals surface area contributed by atoms with Crippen LogP contribution in [0.3, 0.4) is 0 Å². The molecule has 3 aromatic rings. The number of anilines is 1. The fourth-order valence-corrected chi connectivity index (χ4v) is 6.11. The molecular weight excluding hydrogens is 444 g/mol. The number of halogens is 2. The molecule has 0 aliphatic carbocycles. The lowest BCUT2D eigenvalue weighted by Crippen LogP contribution is -2.41. The van der Waals surface area contributed by atoms with Gasteiger partial charge in [0.1, 0.15) is 16.5 Å². The number of aromatic nitrogens is 1. The molecule has 1 amide bonds. The number of amides is 1. The van der Waals surface area contributed by atoms with Crippen molar-refractivity contribution in [1.82, 2.24) is 9.29 Å². The normalized spacial score (nSPS) is 16.0. The molecule has 0 spiro atoms. The van der Waals surface area contributed by atoms with Gasteiger partial charge in [0, 0.05) is 25.1 Å². The lowest BCUT2D eigenvalue weighted by molar-refractivity contribution is -0.120. The molecular formula is C21H21F2N3O3S2. The average molecular weight is 466 g/mol. The van der Waals surface area contributed by atoms with Crippen molar-refractivity contribution in [3.63, 3.8) is 0 Å². The quantitative estimate of drug-likeness (QED) is 0.625. The van der Waals surface area contributed by atoms with E-state index in [9.17, 15) is 22.0 Å². The molecule has 1 aliphatic heterocycles. The molecule has 1 aliphatic rings.